The SMILES string of the molecule is CN=C(NCc1cccc(N2CC=CC2)c1)NC1CCN(CC(F)(F)F)C1.I. The summed E-state index contributed by atoms with van der Waals surface area (Å²) >= 11 is 0. The van der Waals surface area contributed by atoms with Crippen molar-refractivity contribution in [1.82, 2.24) is 15.5 Å². The highest BCUT2D eigenvalue weighted by atomic mass is 127. The Morgan fingerprint density at radius 3 is 2.68 bits per heavy atom. The molecular weight excluding hydrogens is 482 g/mol. The number of anilines is 1. The van der Waals surface area contributed by atoms with E-state index in [1.165, 1.54) is 10.6 Å². The number of nitrogens with one attached hydrogen (secondary N) is 2. The maximum Gasteiger partial charge on any atom is 0.401 e. The predicted molar refractivity (Wildman–Crippen MR) is 117 cm³/mol. The Labute approximate surface area is 181 Å². The molecule has 1 unspecified atom stereocenters. The van der Waals surface area contributed by atoms with E-state index in [0.717, 1.165) is 18.7 Å². The summed E-state index contributed by atoms with van der Waals surface area (Å²) in [4.78, 5) is 7.91. The molecule has 0 radical (unpaired) electrons. The first kappa shape index (κ1) is 22.8. The van der Waals surface area contributed by atoms with Crippen molar-refractivity contribution in [2.24, 2.45) is 4.99 Å². The summed E-state index contributed by atoms with van der Waals surface area (Å²) in [6.07, 6.45) is 0.833. The van der Waals surface area contributed by atoms with Gasteiger partial charge >= 0.3 is 6.18 Å². The maximum absolute atomic E-state index is 12.5. The highest BCUT2D eigenvalue weighted by Crippen LogP contribution is 2.20. The Hall–Kier alpha value is -1.49. The van der Waals surface area contributed by atoms with Gasteiger partial charge in [-0.3, -0.25) is 9.89 Å². The van der Waals surface area contributed by atoms with Gasteiger partial charge in [-0.25, -0.2) is 0 Å². The van der Waals surface area contributed by atoms with E-state index in [2.05, 4.69) is 44.8 Å². The van der Waals surface area contributed by atoms with Crippen LogP contribution in [0.1, 0.15) is 12.0 Å². The van der Waals surface area contributed by atoms with E-state index in [1.807, 2.05) is 12.1 Å². The Bertz CT molecular complexity index is 684. The van der Waals surface area contributed by atoms with Crippen molar-refractivity contribution in [1.29, 1.82) is 0 Å². The minimum absolute atomic E-state index is 0. The van der Waals surface area contributed by atoms with Gasteiger partial charge in [-0.15, -0.1) is 24.0 Å². The van der Waals surface area contributed by atoms with Crippen LogP contribution in [0.5, 0.6) is 0 Å². The number of likely N-dealkylation sites (tertiary alicyclic amines) is 1. The Kier molecular flexibility index (Phi) is 8.41. The van der Waals surface area contributed by atoms with Crippen molar-refractivity contribution in [2.75, 3.05) is 44.7 Å². The third-order valence-corrected chi connectivity index (χ3v) is 4.79. The van der Waals surface area contributed by atoms with Crippen LogP contribution in [0.25, 0.3) is 0 Å². The van der Waals surface area contributed by atoms with Crippen LogP contribution in [0, 0.1) is 0 Å². The molecule has 1 saturated heterocycles. The van der Waals surface area contributed by atoms with Crippen LogP contribution in [-0.4, -0.2) is 62.8 Å². The number of hydrogen-bond acceptors (Lipinski definition) is 3. The molecule has 9 heteroatoms. The zero-order valence-electron chi connectivity index (χ0n) is 15.9. The molecule has 0 saturated carbocycles. The molecule has 156 valence electrons. The molecule has 1 aromatic carbocycles. The van der Waals surface area contributed by atoms with Crippen molar-refractivity contribution in [3.05, 3.63) is 42.0 Å². The number of halogens is 4. The molecule has 5 nitrogen and oxygen atoms in total. The summed E-state index contributed by atoms with van der Waals surface area (Å²) in [6.45, 7) is 2.42. The van der Waals surface area contributed by atoms with E-state index in [0.29, 0.717) is 32.0 Å². The van der Waals surface area contributed by atoms with Crippen molar-refractivity contribution in [3.8, 4) is 0 Å². The lowest BCUT2D eigenvalue weighted by molar-refractivity contribution is -0.143. The van der Waals surface area contributed by atoms with Gasteiger partial charge in [0.1, 0.15) is 0 Å². The average molecular weight is 509 g/mol. The van der Waals surface area contributed by atoms with E-state index >= 15 is 0 Å². The lowest BCUT2D eigenvalue weighted by Gasteiger charge is -2.20. The zero-order chi connectivity index (χ0) is 19.3. The summed E-state index contributed by atoms with van der Waals surface area (Å²) in [5.41, 5.74) is 2.31. The monoisotopic (exact) mass is 509 g/mol. The molecule has 1 aromatic rings. The first-order chi connectivity index (χ1) is 12.9. The van der Waals surface area contributed by atoms with Gasteiger partial charge in [0, 0.05) is 51.5 Å². The molecule has 2 N–H and O–H groups in total. The zero-order valence-corrected chi connectivity index (χ0v) is 18.2. The minimum atomic E-state index is -4.15. The molecule has 1 fully saturated rings. The number of benzene rings is 1. The van der Waals surface area contributed by atoms with Gasteiger partial charge in [-0.05, 0) is 24.1 Å². The largest absolute Gasteiger partial charge is 0.401 e. The van der Waals surface area contributed by atoms with Gasteiger partial charge in [-0.1, -0.05) is 24.3 Å². The lowest BCUT2D eigenvalue weighted by atomic mass is 10.2. The number of aliphatic imine (C=N–C) groups is 1. The van der Waals surface area contributed by atoms with Crippen molar-refractivity contribution in [3.63, 3.8) is 0 Å². The molecule has 0 aliphatic carbocycles. The normalized spacial score (nSPS) is 20.4. The summed E-state index contributed by atoms with van der Waals surface area (Å²) in [5.74, 6) is 0.613. The molecule has 0 bridgehead atoms. The van der Waals surface area contributed by atoms with E-state index in [4.69, 9.17) is 0 Å². The summed E-state index contributed by atoms with van der Waals surface area (Å²) in [6, 6.07) is 8.30. The second-order valence-electron chi connectivity index (χ2n) is 6.95. The molecule has 28 heavy (non-hydrogen) atoms. The number of alkyl halides is 3. The Balaban J connectivity index is 0.00000280. The molecule has 2 aliphatic heterocycles. The first-order valence-electron chi connectivity index (χ1n) is 9.18. The summed E-state index contributed by atoms with van der Waals surface area (Å²) in [5, 5.41) is 6.49. The molecule has 1 atom stereocenters. The van der Waals surface area contributed by atoms with Crippen LogP contribution in [0.15, 0.2) is 41.4 Å². The van der Waals surface area contributed by atoms with Crippen LogP contribution in [0.3, 0.4) is 0 Å². The molecule has 0 amide bonds. The lowest BCUT2D eigenvalue weighted by Crippen LogP contribution is -2.44. The quantitative estimate of drug-likeness (QED) is 0.278. The van der Waals surface area contributed by atoms with Crippen molar-refractivity contribution in [2.45, 2.75) is 25.2 Å². The van der Waals surface area contributed by atoms with Crippen molar-refractivity contribution < 1.29 is 13.2 Å². The summed E-state index contributed by atoms with van der Waals surface area (Å²) < 4.78 is 37.5. The average Bonchev–Trinajstić information content (AvgIpc) is 3.29. The number of hydrogen-bond donors (Lipinski definition) is 2. The highest BCUT2D eigenvalue weighted by molar-refractivity contribution is 14.0. The standard InChI is InChI=1S/C19H26F3N5.HI/c1-23-18(25-16-7-10-26(13-16)14-19(20,21)22)24-12-15-5-4-6-17(11-15)27-8-2-3-9-27;/h2-6,11,16H,7-10,12-14H2,1H3,(H2,23,24,25);1H. The minimum Gasteiger partial charge on any atom is -0.364 e. The third-order valence-electron chi connectivity index (χ3n) is 4.79. The smallest absolute Gasteiger partial charge is 0.364 e. The van der Waals surface area contributed by atoms with Crippen LogP contribution >= 0.6 is 24.0 Å². The first-order valence-corrected chi connectivity index (χ1v) is 9.18. The fraction of sp³-hybridized carbons (Fsp3) is 0.526. The van der Waals surface area contributed by atoms with Gasteiger partial charge in [0.15, 0.2) is 5.96 Å². The maximum atomic E-state index is 12.5. The fourth-order valence-electron chi connectivity index (χ4n) is 3.47. The van der Waals surface area contributed by atoms with Crippen LogP contribution < -0.4 is 15.5 Å². The Morgan fingerprint density at radius 2 is 2.00 bits per heavy atom. The topological polar surface area (TPSA) is 42.9 Å². The van der Waals surface area contributed by atoms with Gasteiger partial charge in [0.05, 0.1) is 6.54 Å². The third kappa shape index (κ3) is 6.84. The number of rotatable bonds is 5. The van der Waals surface area contributed by atoms with Crippen LogP contribution in [0.4, 0.5) is 18.9 Å². The van der Waals surface area contributed by atoms with Gasteiger partial charge in [0.2, 0.25) is 0 Å². The van der Waals surface area contributed by atoms with Crippen LogP contribution in [0.2, 0.25) is 0 Å². The second-order valence-corrected chi connectivity index (χ2v) is 6.95. The highest BCUT2D eigenvalue weighted by Gasteiger charge is 2.34. The van der Waals surface area contributed by atoms with E-state index in [1.54, 1.807) is 7.05 Å². The van der Waals surface area contributed by atoms with E-state index in [9.17, 15) is 13.2 Å². The molecule has 2 heterocycles. The summed E-state index contributed by atoms with van der Waals surface area (Å²) in [7, 11) is 1.67. The fourth-order valence-corrected chi connectivity index (χ4v) is 3.47. The molecule has 2 aliphatic rings. The van der Waals surface area contributed by atoms with Gasteiger partial charge in [0.25, 0.3) is 0 Å². The Morgan fingerprint density at radius 1 is 1.25 bits per heavy atom. The predicted octanol–water partition coefficient (Wildman–Crippen LogP) is 2.98. The molecular formula is C19H27F3IN5. The van der Waals surface area contributed by atoms with E-state index < -0.39 is 12.7 Å². The molecule has 0 aromatic heterocycles. The molecule has 0 spiro atoms. The van der Waals surface area contributed by atoms with Gasteiger partial charge in [-0.2, -0.15) is 13.2 Å². The number of guanidine groups is 1. The van der Waals surface area contributed by atoms with Crippen LogP contribution in [-0.2, 0) is 6.54 Å². The van der Waals surface area contributed by atoms with E-state index in [-0.39, 0.29) is 30.0 Å². The number of nitrogens with zero attached hydrogens (tertiary/aromatic N) is 3. The van der Waals surface area contributed by atoms with Crippen molar-refractivity contribution >= 4 is 35.6 Å². The second kappa shape index (κ2) is 10.3. The molecule has 3 rings (SSSR count). The van der Waals surface area contributed by atoms with Gasteiger partial charge < -0.3 is 15.5 Å².